The number of halogens is 1. The maximum absolute atomic E-state index is 2.45. The molecule has 1 atom stereocenters. The standard InChI is InChI=1S/C8H12INS2/c1-6(9)7-4-5-12-8(7)10(2)11-3/h4-6H,1-3H3. The van der Waals surface area contributed by atoms with Crippen LogP contribution in [0.15, 0.2) is 11.4 Å². The van der Waals surface area contributed by atoms with E-state index in [2.05, 4.69) is 58.6 Å². The smallest absolute Gasteiger partial charge is 0.105 e. The fraction of sp³-hybridized carbons (Fsp3) is 0.500. The molecule has 0 aromatic carbocycles. The lowest BCUT2D eigenvalue weighted by Gasteiger charge is -2.16. The normalized spacial score (nSPS) is 13.0. The Balaban J connectivity index is 2.91. The van der Waals surface area contributed by atoms with Gasteiger partial charge in [0.15, 0.2) is 0 Å². The molecule has 0 saturated carbocycles. The van der Waals surface area contributed by atoms with E-state index in [9.17, 15) is 0 Å². The van der Waals surface area contributed by atoms with Crippen molar-refractivity contribution in [3.8, 4) is 0 Å². The molecule has 0 aliphatic rings. The van der Waals surface area contributed by atoms with Crippen molar-refractivity contribution < 1.29 is 0 Å². The van der Waals surface area contributed by atoms with Gasteiger partial charge in [0.2, 0.25) is 0 Å². The Morgan fingerprint density at radius 2 is 2.33 bits per heavy atom. The number of anilines is 1. The van der Waals surface area contributed by atoms with Crippen LogP contribution in [0.4, 0.5) is 5.00 Å². The van der Waals surface area contributed by atoms with E-state index in [1.807, 2.05) is 11.3 Å². The summed E-state index contributed by atoms with van der Waals surface area (Å²) < 4.78 is 2.81. The Hall–Kier alpha value is 0.580. The number of thiophene rings is 1. The van der Waals surface area contributed by atoms with Gasteiger partial charge >= 0.3 is 0 Å². The Morgan fingerprint density at radius 3 is 2.83 bits per heavy atom. The molecular weight excluding hydrogens is 301 g/mol. The molecule has 1 heterocycles. The lowest BCUT2D eigenvalue weighted by molar-refractivity contribution is 1.15. The highest BCUT2D eigenvalue weighted by Gasteiger charge is 2.11. The van der Waals surface area contributed by atoms with E-state index in [0.29, 0.717) is 3.92 Å². The molecule has 0 aliphatic heterocycles. The van der Waals surface area contributed by atoms with E-state index >= 15 is 0 Å². The zero-order valence-corrected chi connectivity index (χ0v) is 11.2. The quantitative estimate of drug-likeness (QED) is 0.472. The maximum atomic E-state index is 2.45. The van der Waals surface area contributed by atoms with Crippen molar-refractivity contribution in [2.45, 2.75) is 10.8 Å². The Kier molecular flexibility index (Phi) is 4.19. The zero-order valence-electron chi connectivity index (χ0n) is 7.37. The average molecular weight is 313 g/mol. The average Bonchev–Trinajstić information content (AvgIpc) is 2.50. The monoisotopic (exact) mass is 313 g/mol. The van der Waals surface area contributed by atoms with Gasteiger partial charge in [-0.3, -0.25) is 0 Å². The number of alkyl halides is 1. The first kappa shape index (κ1) is 10.7. The summed E-state index contributed by atoms with van der Waals surface area (Å²) in [6, 6.07) is 2.21. The number of hydrogen-bond acceptors (Lipinski definition) is 3. The van der Waals surface area contributed by atoms with Gasteiger partial charge in [0.1, 0.15) is 5.00 Å². The summed E-state index contributed by atoms with van der Waals surface area (Å²) in [6.07, 6.45) is 2.10. The third-order valence-electron chi connectivity index (χ3n) is 1.66. The van der Waals surface area contributed by atoms with Crippen LogP contribution in [0.3, 0.4) is 0 Å². The van der Waals surface area contributed by atoms with E-state index in [0.717, 1.165) is 0 Å². The molecule has 0 N–H and O–H groups in total. The molecule has 1 unspecified atom stereocenters. The summed E-state index contributed by atoms with van der Waals surface area (Å²) in [6.45, 7) is 2.22. The highest BCUT2D eigenvalue weighted by Crippen LogP contribution is 2.37. The molecule has 12 heavy (non-hydrogen) atoms. The number of rotatable bonds is 3. The van der Waals surface area contributed by atoms with Crippen LogP contribution in [-0.4, -0.2) is 13.3 Å². The van der Waals surface area contributed by atoms with Crippen molar-refractivity contribution in [1.29, 1.82) is 0 Å². The summed E-state index contributed by atoms with van der Waals surface area (Å²) in [4.78, 5) is 0. The van der Waals surface area contributed by atoms with Gasteiger partial charge in [-0.25, -0.2) is 0 Å². The Morgan fingerprint density at radius 1 is 1.67 bits per heavy atom. The topological polar surface area (TPSA) is 3.24 Å². The molecule has 68 valence electrons. The third-order valence-corrected chi connectivity index (χ3v) is 4.18. The minimum atomic E-state index is 0.596. The number of hydrogen-bond donors (Lipinski definition) is 0. The van der Waals surface area contributed by atoms with Crippen LogP contribution in [0.5, 0.6) is 0 Å². The van der Waals surface area contributed by atoms with E-state index in [4.69, 9.17) is 0 Å². The first-order valence-electron chi connectivity index (χ1n) is 3.66. The second kappa shape index (κ2) is 4.72. The van der Waals surface area contributed by atoms with Crippen molar-refractivity contribution in [2.75, 3.05) is 17.6 Å². The highest BCUT2D eigenvalue weighted by atomic mass is 127. The van der Waals surface area contributed by atoms with Gasteiger partial charge in [0, 0.05) is 22.8 Å². The minimum Gasteiger partial charge on any atom is -0.311 e. The molecule has 0 saturated heterocycles. The van der Waals surface area contributed by atoms with Crippen molar-refractivity contribution in [3.05, 3.63) is 17.0 Å². The molecule has 1 rings (SSSR count). The minimum absolute atomic E-state index is 0.596. The number of nitrogens with zero attached hydrogens (tertiary/aromatic N) is 1. The first-order valence-corrected chi connectivity index (χ1v) is 6.96. The van der Waals surface area contributed by atoms with Crippen molar-refractivity contribution >= 4 is 50.9 Å². The van der Waals surface area contributed by atoms with Gasteiger partial charge in [-0.15, -0.1) is 11.3 Å². The second-order valence-corrected chi connectivity index (χ2v) is 6.15. The van der Waals surface area contributed by atoms with Crippen LogP contribution in [0.25, 0.3) is 0 Å². The van der Waals surface area contributed by atoms with Gasteiger partial charge in [-0.1, -0.05) is 34.5 Å². The molecule has 4 heteroatoms. The molecule has 1 nitrogen and oxygen atoms in total. The largest absolute Gasteiger partial charge is 0.311 e. The fourth-order valence-corrected chi connectivity index (χ4v) is 3.16. The van der Waals surface area contributed by atoms with E-state index in [1.165, 1.54) is 10.6 Å². The molecule has 0 amide bonds. The van der Waals surface area contributed by atoms with Gasteiger partial charge in [-0.05, 0) is 18.4 Å². The Labute approximate surface area is 95.8 Å². The second-order valence-electron chi connectivity index (χ2n) is 2.48. The lowest BCUT2D eigenvalue weighted by Crippen LogP contribution is -2.05. The summed E-state index contributed by atoms with van der Waals surface area (Å²) >= 11 is 6.02. The van der Waals surface area contributed by atoms with Gasteiger partial charge in [0.05, 0.1) is 0 Å². The van der Waals surface area contributed by atoms with E-state index in [1.54, 1.807) is 11.9 Å². The molecule has 0 aliphatic carbocycles. The summed E-state index contributed by atoms with van der Waals surface area (Å²) in [5, 5.41) is 3.54. The zero-order chi connectivity index (χ0) is 9.14. The van der Waals surface area contributed by atoms with Crippen molar-refractivity contribution in [1.82, 2.24) is 0 Å². The predicted octanol–water partition coefficient (Wildman–Crippen LogP) is 3.96. The molecule has 1 aromatic rings. The molecule has 1 aromatic heterocycles. The highest BCUT2D eigenvalue weighted by molar-refractivity contribution is 14.1. The molecule has 0 radical (unpaired) electrons. The first-order chi connectivity index (χ1) is 5.66. The van der Waals surface area contributed by atoms with Crippen molar-refractivity contribution in [2.24, 2.45) is 0 Å². The summed E-state index contributed by atoms with van der Waals surface area (Å²) in [7, 11) is 2.11. The van der Waals surface area contributed by atoms with Crippen LogP contribution in [0.2, 0.25) is 0 Å². The molecular formula is C8H12INS2. The molecule has 0 fully saturated rings. The van der Waals surface area contributed by atoms with Crippen LogP contribution >= 0.6 is 45.9 Å². The molecule has 0 spiro atoms. The van der Waals surface area contributed by atoms with Crippen LogP contribution < -0.4 is 4.31 Å². The maximum Gasteiger partial charge on any atom is 0.105 e. The van der Waals surface area contributed by atoms with Crippen LogP contribution in [-0.2, 0) is 0 Å². The van der Waals surface area contributed by atoms with Crippen LogP contribution in [0.1, 0.15) is 16.4 Å². The lowest BCUT2D eigenvalue weighted by atomic mass is 10.2. The summed E-state index contributed by atoms with van der Waals surface area (Å²) in [5.41, 5.74) is 1.44. The van der Waals surface area contributed by atoms with Gasteiger partial charge < -0.3 is 4.31 Å². The SMILES string of the molecule is CSN(C)c1sccc1C(C)I. The predicted molar refractivity (Wildman–Crippen MR) is 68.7 cm³/mol. The third kappa shape index (κ3) is 2.29. The fourth-order valence-electron chi connectivity index (χ4n) is 0.953. The van der Waals surface area contributed by atoms with Gasteiger partial charge in [-0.2, -0.15) is 0 Å². The summed E-state index contributed by atoms with van der Waals surface area (Å²) in [5.74, 6) is 0. The molecule has 0 bridgehead atoms. The van der Waals surface area contributed by atoms with Crippen LogP contribution in [0, 0.1) is 0 Å². The van der Waals surface area contributed by atoms with Gasteiger partial charge in [0.25, 0.3) is 0 Å². The van der Waals surface area contributed by atoms with E-state index < -0.39 is 0 Å². The van der Waals surface area contributed by atoms with E-state index in [-0.39, 0.29) is 0 Å². The Bertz CT molecular complexity index is 247. The van der Waals surface area contributed by atoms with Crippen molar-refractivity contribution in [3.63, 3.8) is 0 Å².